The van der Waals surface area contributed by atoms with Gasteiger partial charge in [0.05, 0.1) is 13.7 Å². The first-order valence-electron chi connectivity index (χ1n) is 10.0. The molecule has 2 aromatic rings. The van der Waals surface area contributed by atoms with Crippen LogP contribution < -0.4 is 9.47 Å². The number of ether oxygens (including phenoxy) is 4. The number of aromatic hydroxyl groups is 1. The van der Waals surface area contributed by atoms with E-state index in [1.54, 1.807) is 24.3 Å². The van der Waals surface area contributed by atoms with Crippen molar-refractivity contribution in [2.24, 2.45) is 0 Å². The van der Waals surface area contributed by atoms with E-state index in [-0.39, 0.29) is 22.8 Å². The molecule has 6 atom stereocenters. The van der Waals surface area contributed by atoms with Gasteiger partial charge in [0, 0.05) is 6.42 Å². The molecule has 0 bridgehead atoms. The lowest BCUT2D eigenvalue weighted by molar-refractivity contribution is -0.277. The van der Waals surface area contributed by atoms with Gasteiger partial charge in [0.2, 0.25) is 6.29 Å². The highest BCUT2D eigenvalue weighted by Gasteiger charge is 2.45. The number of carbonyl (C=O) groups excluding carboxylic acids is 1. The van der Waals surface area contributed by atoms with Crippen molar-refractivity contribution in [2.75, 3.05) is 13.7 Å². The number of phenolic OH excluding ortho intramolecular Hbond substituents is 1. The SMILES string of the molecule is COc1cc([C@H]2Cc3cccc(O)c3C(=O)O2)ccc1O[C@@H]1O[C@H](CO)[C@@H](O)[C@H](O)[C@H]1O. The third-order valence-electron chi connectivity index (χ3n) is 5.64. The second-order valence-corrected chi connectivity index (χ2v) is 7.63. The Morgan fingerprint density at radius 1 is 1.06 bits per heavy atom. The molecule has 0 spiro atoms. The van der Waals surface area contributed by atoms with Crippen LogP contribution in [0.1, 0.15) is 27.6 Å². The number of hydrogen-bond acceptors (Lipinski definition) is 10. The molecule has 0 radical (unpaired) electrons. The second-order valence-electron chi connectivity index (χ2n) is 7.63. The summed E-state index contributed by atoms with van der Waals surface area (Å²) in [6.45, 7) is -0.578. The van der Waals surface area contributed by atoms with Gasteiger partial charge < -0.3 is 44.5 Å². The molecule has 0 amide bonds. The van der Waals surface area contributed by atoms with Gasteiger partial charge in [0.25, 0.3) is 0 Å². The molecule has 2 aliphatic rings. The fraction of sp³-hybridized carbons (Fsp3) is 0.409. The summed E-state index contributed by atoms with van der Waals surface area (Å²) < 4.78 is 21.9. The first-order valence-corrected chi connectivity index (χ1v) is 10.0. The van der Waals surface area contributed by atoms with Crippen molar-refractivity contribution in [2.45, 2.75) is 43.2 Å². The monoisotopic (exact) mass is 448 g/mol. The van der Waals surface area contributed by atoms with Crippen LogP contribution in [0.4, 0.5) is 0 Å². The number of phenols is 1. The van der Waals surface area contributed by atoms with Gasteiger partial charge in [-0.05, 0) is 29.3 Å². The summed E-state index contributed by atoms with van der Waals surface area (Å²) in [6, 6.07) is 9.60. The van der Waals surface area contributed by atoms with Gasteiger partial charge >= 0.3 is 5.97 Å². The predicted molar refractivity (Wildman–Crippen MR) is 107 cm³/mol. The van der Waals surface area contributed by atoms with E-state index in [0.717, 1.165) is 0 Å². The number of fused-ring (bicyclic) bond motifs is 1. The fourth-order valence-electron chi connectivity index (χ4n) is 3.88. The Morgan fingerprint density at radius 3 is 2.56 bits per heavy atom. The molecule has 0 aliphatic carbocycles. The first-order chi connectivity index (χ1) is 15.3. The molecule has 0 unspecified atom stereocenters. The van der Waals surface area contributed by atoms with E-state index in [0.29, 0.717) is 17.5 Å². The molecule has 1 fully saturated rings. The Hall–Kier alpha value is -2.89. The number of rotatable bonds is 5. The van der Waals surface area contributed by atoms with Crippen LogP contribution in [0.15, 0.2) is 36.4 Å². The number of aliphatic hydroxyl groups is 4. The van der Waals surface area contributed by atoms with Gasteiger partial charge in [-0.2, -0.15) is 0 Å². The topological polar surface area (TPSA) is 155 Å². The van der Waals surface area contributed by atoms with Crippen LogP contribution in [-0.4, -0.2) is 75.9 Å². The van der Waals surface area contributed by atoms with E-state index in [1.165, 1.54) is 19.2 Å². The minimum absolute atomic E-state index is 0.133. The van der Waals surface area contributed by atoms with Crippen LogP contribution in [0, 0.1) is 0 Å². The van der Waals surface area contributed by atoms with E-state index in [2.05, 4.69) is 0 Å². The van der Waals surface area contributed by atoms with Crippen molar-refractivity contribution in [1.29, 1.82) is 0 Å². The molecule has 32 heavy (non-hydrogen) atoms. The lowest BCUT2D eigenvalue weighted by Gasteiger charge is -2.39. The molecule has 172 valence electrons. The number of esters is 1. The first kappa shape index (κ1) is 22.3. The van der Waals surface area contributed by atoms with Crippen LogP contribution in [0.5, 0.6) is 17.2 Å². The van der Waals surface area contributed by atoms with Crippen molar-refractivity contribution in [3.05, 3.63) is 53.1 Å². The van der Waals surface area contributed by atoms with Crippen LogP contribution >= 0.6 is 0 Å². The van der Waals surface area contributed by atoms with E-state index in [1.807, 2.05) is 0 Å². The van der Waals surface area contributed by atoms with Crippen LogP contribution in [-0.2, 0) is 15.9 Å². The average molecular weight is 448 g/mol. The van der Waals surface area contributed by atoms with E-state index >= 15 is 0 Å². The predicted octanol–water partition coefficient (Wildman–Crippen LogP) is 0.0337. The van der Waals surface area contributed by atoms with Gasteiger partial charge in [-0.15, -0.1) is 0 Å². The van der Waals surface area contributed by atoms with Crippen LogP contribution in [0.2, 0.25) is 0 Å². The maximum Gasteiger partial charge on any atom is 0.342 e. The van der Waals surface area contributed by atoms with Gasteiger partial charge in [0.1, 0.15) is 41.8 Å². The number of hydrogen-bond donors (Lipinski definition) is 5. The number of benzene rings is 2. The Balaban J connectivity index is 1.56. The molecule has 0 aromatic heterocycles. The zero-order valence-corrected chi connectivity index (χ0v) is 17.1. The molecule has 2 aromatic carbocycles. The van der Waals surface area contributed by atoms with Crippen LogP contribution in [0.25, 0.3) is 0 Å². The summed E-state index contributed by atoms with van der Waals surface area (Å²) in [4.78, 5) is 12.4. The van der Waals surface area contributed by atoms with Crippen molar-refractivity contribution in [1.82, 2.24) is 0 Å². The molecule has 0 saturated carbocycles. The Morgan fingerprint density at radius 2 is 1.84 bits per heavy atom. The summed E-state index contributed by atoms with van der Waals surface area (Å²) in [5, 5.41) is 49.3. The largest absolute Gasteiger partial charge is 0.507 e. The second kappa shape index (κ2) is 8.93. The highest BCUT2D eigenvalue weighted by Crippen LogP contribution is 2.38. The molecular weight excluding hydrogens is 424 g/mol. The summed E-state index contributed by atoms with van der Waals surface area (Å²) in [6.07, 6.45) is -7.38. The summed E-state index contributed by atoms with van der Waals surface area (Å²) >= 11 is 0. The number of carbonyl (C=O) groups is 1. The lowest BCUT2D eigenvalue weighted by atomic mass is 9.94. The number of methoxy groups -OCH3 is 1. The highest BCUT2D eigenvalue weighted by atomic mass is 16.7. The summed E-state index contributed by atoms with van der Waals surface area (Å²) in [7, 11) is 1.40. The van der Waals surface area contributed by atoms with Gasteiger partial charge in [-0.25, -0.2) is 4.79 Å². The van der Waals surface area contributed by atoms with Gasteiger partial charge in [0.15, 0.2) is 11.5 Å². The zero-order valence-electron chi connectivity index (χ0n) is 17.1. The average Bonchev–Trinajstić information content (AvgIpc) is 2.79. The standard InChI is InChI=1S/C22H24O10/c1-29-15-7-10(14-8-11-3-2-4-12(24)17(11)21(28)30-14)5-6-13(15)31-22-20(27)19(26)18(25)16(9-23)32-22/h2-7,14,16,18-20,22-27H,8-9H2,1H3/t14-,16-,18-,19+,20-,22-/m1/s1. The van der Waals surface area contributed by atoms with Crippen molar-refractivity contribution in [3.63, 3.8) is 0 Å². The van der Waals surface area contributed by atoms with E-state index in [4.69, 9.17) is 18.9 Å². The molecule has 2 aliphatic heterocycles. The molecule has 1 saturated heterocycles. The number of cyclic esters (lactones) is 1. The Bertz CT molecular complexity index is 991. The summed E-state index contributed by atoms with van der Waals surface area (Å²) in [5.74, 6) is -0.347. The highest BCUT2D eigenvalue weighted by molar-refractivity contribution is 5.95. The Labute approximate surface area is 183 Å². The van der Waals surface area contributed by atoms with Gasteiger partial charge in [-0.1, -0.05) is 18.2 Å². The maximum atomic E-state index is 12.4. The minimum Gasteiger partial charge on any atom is -0.507 e. The van der Waals surface area contributed by atoms with Crippen LogP contribution in [0.3, 0.4) is 0 Å². The fourth-order valence-corrected chi connectivity index (χ4v) is 3.88. The molecule has 4 rings (SSSR count). The maximum absolute atomic E-state index is 12.4. The van der Waals surface area contributed by atoms with E-state index in [9.17, 15) is 30.3 Å². The molecule has 2 heterocycles. The molecule has 5 N–H and O–H groups in total. The zero-order chi connectivity index (χ0) is 23.0. The third kappa shape index (κ3) is 3.98. The van der Waals surface area contributed by atoms with Crippen molar-refractivity contribution < 1.29 is 49.3 Å². The minimum atomic E-state index is -1.57. The van der Waals surface area contributed by atoms with Crippen molar-refractivity contribution >= 4 is 5.97 Å². The lowest BCUT2D eigenvalue weighted by Crippen LogP contribution is -2.60. The summed E-state index contributed by atoms with van der Waals surface area (Å²) in [5.41, 5.74) is 1.43. The smallest absolute Gasteiger partial charge is 0.342 e. The molecule has 10 nitrogen and oxygen atoms in total. The number of aliphatic hydroxyl groups excluding tert-OH is 4. The van der Waals surface area contributed by atoms with E-state index < -0.39 is 49.4 Å². The van der Waals surface area contributed by atoms with Crippen molar-refractivity contribution in [3.8, 4) is 17.2 Å². The molecular formula is C22H24O10. The third-order valence-corrected chi connectivity index (χ3v) is 5.64. The molecule has 10 heteroatoms. The quantitative estimate of drug-likeness (QED) is 0.396. The van der Waals surface area contributed by atoms with Gasteiger partial charge in [-0.3, -0.25) is 0 Å². The normalized spacial score (nSPS) is 29.7. The Kier molecular flexibility index (Phi) is 6.22.